The van der Waals surface area contributed by atoms with Crippen LogP contribution >= 0.6 is 11.8 Å². The van der Waals surface area contributed by atoms with Gasteiger partial charge in [0.2, 0.25) is 0 Å². The number of fused-ring (bicyclic) bond motifs is 2. The summed E-state index contributed by atoms with van der Waals surface area (Å²) < 4.78 is 0. The molecule has 27 heavy (non-hydrogen) atoms. The molecule has 0 bridgehead atoms. The summed E-state index contributed by atoms with van der Waals surface area (Å²) in [7, 11) is 0. The fourth-order valence-electron chi connectivity index (χ4n) is 2.87. The van der Waals surface area contributed by atoms with Crippen molar-refractivity contribution in [2.24, 2.45) is 0 Å². The zero-order chi connectivity index (χ0) is 18.8. The van der Waals surface area contributed by atoms with Gasteiger partial charge in [-0.1, -0.05) is 53.7 Å². The van der Waals surface area contributed by atoms with Crippen LogP contribution in [0.25, 0.3) is 0 Å². The van der Waals surface area contributed by atoms with Gasteiger partial charge in [-0.15, -0.1) is 0 Å². The van der Waals surface area contributed by atoms with Gasteiger partial charge in [0.05, 0.1) is 11.4 Å². The van der Waals surface area contributed by atoms with Crippen molar-refractivity contribution < 1.29 is 9.59 Å². The number of nitrogens with zero attached hydrogens (tertiary/aromatic N) is 1. The number of urea groups is 1. The molecule has 2 N–H and O–H groups in total. The number of rotatable bonds is 1. The molecule has 6 heteroatoms. The molecule has 3 aromatic rings. The summed E-state index contributed by atoms with van der Waals surface area (Å²) in [6.07, 6.45) is 0. The van der Waals surface area contributed by atoms with Crippen LogP contribution < -0.4 is 15.8 Å². The lowest BCUT2D eigenvalue weighted by atomic mass is 10.1. The first-order valence-corrected chi connectivity index (χ1v) is 9.28. The van der Waals surface area contributed by atoms with Crippen LogP contribution in [-0.4, -0.2) is 11.9 Å². The Bertz CT molecular complexity index is 972. The molecule has 3 amide bonds. The Hall–Kier alpha value is -3.25. The van der Waals surface area contributed by atoms with Crippen LogP contribution in [0.4, 0.5) is 16.2 Å². The normalized spacial score (nSPS) is 12.0. The summed E-state index contributed by atoms with van der Waals surface area (Å²) in [4.78, 5) is 28.7. The summed E-state index contributed by atoms with van der Waals surface area (Å²) in [6.45, 7) is 1.95. The molecule has 0 aromatic heterocycles. The number of hydrazine groups is 1. The van der Waals surface area contributed by atoms with Gasteiger partial charge < -0.3 is 0 Å². The first-order chi connectivity index (χ1) is 13.1. The van der Waals surface area contributed by atoms with E-state index < -0.39 is 6.03 Å². The molecule has 3 aromatic carbocycles. The van der Waals surface area contributed by atoms with E-state index in [1.54, 1.807) is 28.8 Å². The van der Waals surface area contributed by atoms with E-state index in [4.69, 9.17) is 0 Å². The van der Waals surface area contributed by atoms with Gasteiger partial charge in [0.1, 0.15) is 0 Å². The van der Waals surface area contributed by atoms with Crippen molar-refractivity contribution in [2.45, 2.75) is 16.7 Å². The van der Waals surface area contributed by atoms with Crippen LogP contribution in [0.1, 0.15) is 15.9 Å². The Kier molecular flexibility index (Phi) is 4.56. The second-order valence-corrected chi connectivity index (χ2v) is 7.21. The third-order valence-electron chi connectivity index (χ3n) is 4.23. The second-order valence-electron chi connectivity index (χ2n) is 6.12. The molecular weight excluding hydrogens is 358 g/mol. The minimum Gasteiger partial charge on any atom is -0.267 e. The second kappa shape index (κ2) is 7.17. The van der Waals surface area contributed by atoms with E-state index in [9.17, 15) is 9.59 Å². The average molecular weight is 375 g/mol. The van der Waals surface area contributed by atoms with E-state index in [0.717, 1.165) is 26.7 Å². The molecule has 0 fully saturated rings. The number of hydrogen-bond donors (Lipinski definition) is 2. The Morgan fingerprint density at radius 3 is 1.93 bits per heavy atom. The molecular formula is C21H17N3O2S. The first kappa shape index (κ1) is 17.2. The van der Waals surface area contributed by atoms with Gasteiger partial charge >= 0.3 is 6.03 Å². The van der Waals surface area contributed by atoms with Crippen LogP contribution in [0.2, 0.25) is 0 Å². The molecule has 4 rings (SSSR count). The van der Waals surface area contributed by atoms with Crippen LogP contribution in [0.15, 0.2) is 82.6 Å². The third kappa shape index (κ3) is 3.39. The molecule has 1 heterocycles. The maximum atomic E-state index is 12.9. The Morgan fingerprint density at radius 2 is 1.33 bits per heavy atom. The average Bonchev–Trinajstić information content (AvgIpc) is 2.70. The van der Waals surface area contributed by atoms with E-state index in [1.165, 1.54) is 0 Å². The monoisotopic (exact) mass is 375 g/mol. The lowest BCUT2D eigenvalue weighted by Gasteiger charge is -2.30. The highest BCUT2D eigenvalue weighted by Gasteiger charge is 2.28. The molecule has 0 unspecified atom stereocenters. The van der Waals surface area contributed by atoms with Crippen LogP contribution in [0, 0.1) is 6.92 Å². The number of hydrogen-bond acceptors (Lipinski definition) is 3. The number of carbonyl (C=O) groups excluding carboxylic acids is 2. The molecule has 0 spiro atoms. The lowest BCUT2D eigenvalue weighted by molar-refractivity contribution is 0.0937. The molecule has 0 saturated carbocycles. The summed E-state index contributed by atoms with van der Waals surface area (Å²) in [6, 6.07) is 22.1. The molecule has 0 aliphatic carbocycles. The minimum absolute atomic E-state index is 0.365. The van der Waals surface area contributed by atoms with Crippen molar-refractivity contribution in [2.75, 3.05) is 4.90 Å². The molecule has 1 aliphatic rings. The van der Waals surface area contributed by atoms with Crippen LogP contribution in [0.5, 0.6) is 0 Å². The number of carbonyl (C=O) groups is 2. The summed E-state index contributed by atoms with van der Waals surface area (Å²) >= 11 is 1.62. The summed E-state index contributed by atoms with van der Waals surface area (Å²) in [5, 5.41) is 0. The maximum Gasteiger partial charge on any atom is 0.345 e. The zero-order valence-electron chi connectivity index (χ0n) is 14.6. The fraction of sp³-hybridized carbons (Fsp3) is 0.0476. The Balaban J connectivity index is 1.57. The van der Waals surface area contributed by atoms with Gasteiger partial charge in [-0.05, 0) is 43.3 Å². The largest absolute Gasteiger partial charge is 0.345 e. The Labute approximate surface area is 161 Å². The Morgan fingerprint density at radius 1 is 0.778 bits per heavy atom. The first-order valence-electron chi connectivity index (χ1n) is 8.46. The highest BCUT2D eigenvalue weighted by molar-refractivity contribution is 7.99. The molecule has 1 aliphatic heterocycles. The summed E-state index contributed by atoms with van der Waals surface area (Å²) in [5.74, 6) is -0.365. The van der Waals surface area contributed by atoms with Gasteiger partial charge in [0, 0.05) is 15.4 Å². The minimum atomic E-state index is -0.421. The van der Waals surface area contributed by atoms with Crippen molar-refractivity contribution in [3.8, 4) is 0 Å². The predicted molar refractivity (Wildman–Crippen MR) is 106 cm³/mol. The van der Waals surface area contributed by atoms with Gasteiger partial charge in [-0.25, -0.2) is 10.2 Å². The van der Waals surface area contributed by atoms with Gasteiger partial charge in [-0.3, -0.25) is 15.1 Å². The topological polar surface area (TPSA) is 61.4 Å². The summed E-state index contributed by atoms with van der Waals surface area (Å²) in [5.41, 5.74) is 8.12. The van der Waals surface area contributed by atoms with E-state index in [1.807, 2.05) is 67.6 Å². The number of aryl methyl sites for hydroxylation is 1. The highest BCUT2D eigenvalue weighted by atomic mass is 32.2. The standard InChI is InChI=1S/C21H17N3O2S/c1-14-10-12-15(13-11-14)20(25)22-23-21(26)24-16-6-2-4-8-18(16)27-19-9-5-3-7-17(19)24/h2-13H,1H3,(H,22,25)(H,23,26). The number of amides is 3. The number of benzene rings is 3. The van der Waals surface area contributed by atoms with Crippen molar-refractivity contribution in [3.05, 3.63) is 83.9 Å². The van der Waals surface area contributed by atoms with Gasteiger partial charge in [0.25, 0.3) is 5.91 Å². The predicted octanol–water partition coefficient (Wildman–Crippen LogP) is 4.65. The fourth-order valence-corrected chi connectivity index (χ4v) is 3.92. The van der Waals surface area contributed by atoms with Crippen molar-refractivity contribution in [1.29, 1.82) is 0 Å². The maximum absolute atomic E-state index is 12.9. The SMILES string of the molecule is Cc1ccc(C(=O)NNC(=O)N2c3ccccc3Sc3ccccc32)cc1. The molecule has 0 saturated heterocycles. The third-order valence-corrected chi connectivity index (χ3v) is 5.36. The van der Waals surface area contributed by atoms with Crippen LogP contribution in [0.3, 0.4) is 0 Å². The smallest absolute Gasteiger partial charge is 0.267 e. The highest BCUT2D eigenvalue weighted by Crippen LogP contribution is 2.47. The van der Waals surface area contributed by atoms with E-state index >= 15 is 0 Å². The zero-order valence-corrected chi connectivity index (χ0v) is 15.4. The number of anilines is 2. The molecule has 5 nitrogen and oxygen atoms in total. The van der Waals surface area contributed by atoms with E-state index in [0.29, 0.717) is 5.56 Å². The van der Waals surface area contributed by atoms with E-state index in [-0.39, 0.29) is 5.91 Å². The molecule has 134 valence electrons. The molecule has 0 radical (unpaired) electrons. The number of para-hydroxylation sites is 2. The van der Waals surface area contributed by atoms with Gasteiger partial charge in [-0.2, -0.15) is 0 Å². The quantitative estimate of drug-likeness (QED) is 0.609. The van der Waals surface area contributed by atoms with Gasteiger partial charge in [0.15, 0.2) is 0 Å². The molecule has 0 atom stereocenters. The number of nitrogens with one attached hydrogen (secondary N) is 2. The van der Waals surface area contributed by atoms with Crippen molar-refractivity contribution in [1.82, 2.24) is 10.9 Å². The van der Waals surface area contributed by atoms with Crippen molar-refractivity contribution in [3.63, 3.8) is 0 Å². The van der Waals surface area contributed by atoms with Crippen molar-refractivity contribution >= 4 is 35.1 Å². The van der Waals surface area contributed by atoms with E-state index in [2.05, 4.69) is 10.9 Å². The lowest BCUT2D eigenvalue weighted by Crippen LogP contribution is -2.48. The van der Waals surface area contributed by atoms with Crippen LogP contribution in [-0.2, 0) is 0 Å².